The van der Waals surface area contributed by atoms with E-state index in [4.69, 9.17) is 0 Å². The zero-order valence-corrected chi connectivity index (χ0v) is 17.5. The number of allylic oxidation sites excluding steroid dienone is 1. The van der Waals surface area contributed by atoms with Crippen molar-refractivity contribution in [2.75, 3.05) is 11.1 Å². The van der Waals surface area contributed by atoms with E-state index in [0.29, 0.717) is 27.6 Å². The molecule has 8 heteroatoms. The second-order valence-corrected chi connectivity index (χ2v) is 8.50. The lowest BCUT2D eigenvalue weighted by molar-refractivity contribution is -0.113. The molecule has 0 aliphatic carbocycles. The van der Waals surface area contributed by atoms with Crippen molar-refractivity contribution in [1.29, 1.82) is 0 Å². The number of carbonyl (C=O) groups excluding carboxylic acids is 1. The maximum Gasteiger partial charge on any atom is 0.263 e. The molecule has 1 N–H and O–H groups in total. The van der Waals surface area contributed by atoms with Crippen LogP contribution in [0.4, 0.5) is 10.1 Å². The van der Waals surface area contributed by atoms with Crippen molar-refractivity contribution in [3.05, 3.63) is 63.0 Å². The third kappa shape index (κ3) is 4.02. The van der Waals surface area contributed by atoms with Gasteiger partial charge in [0, 0.05) is 17.1 Å². The predicted molar refractivity (Wildman–Crippen MR) is 114 cm³/mol. The van der Waals surface area contributed by atoms with Crippen LogP contribution in [0.5, 0.6) is 0 Å². The van der Waals surface area contributed by atoms with E-state index < -0.39 is 5.82 Å². The number of nitrogens with one attached hydrogen (secondary N) is 1. The van der Waals surface area contributed by atoms with Crippen LogP contribution < -0.4 is 10.9 Å². The largest absolute Gasteiger partial charge is 0.325 e. The van der Waals surface area contributed by atoms with E-state index in [1.807, 2.05) is 13.8 Å². The molecule has 0 saturated heterocycles. The molecular formula is C20H20FN3O2S2. The summed E-state index contributed by atoms with van der Waals surface area (Å²) in [5.41, 5.74) is 2.01. The van der Waals surface area contributed by atoms with Crippen LogP contribution in [0.2, 0.25) is 0 Å². The number of thioether (sulfide) groups is 1. The lowest BCUT2D eigenvalue weighted by Crippen LogP contribution is -2.23. The predicted octanol–water partition coefficient (Wildman–Crippen LogP) is 4.44. The van der Waals surface area contributed by atoms with Crippen molar-refractivity contribution in [3.8, 4) is 0 Å². The molecule has 5 nitrogen and oxygen atoms in total. The standard InChI is InChI=1S/C20H20FN3O2S2/c1-5-8-24-19(26)17-12(3)13(4)28-18(17)23-20(24)27-10-16(25)22-15-9-14(21)7-6-11(15)2/h5-7,9H,1,8,10H2,2-4H3,(H,22,25). The molecule has 3 aromatic rings. The average molecular weight is 418 g/mol. The van der Waals surface area contributed by atoms with Crippen molar-refractivity contribution in [3.63, 3.8) is 0 Å². The van der Waals surface area contributed by atoms with Crippen LogP contribution in [0.15, 0.2) is 40.8 Å². The quantitative estimate of drug-likeness (QED) is 0.366. The Morgan fingerprint density at radius 2 is 2.14 bits per heavy atom. The number of rotatable bonds is 6. The molecule has 2 heterocycles. The number of aromatic nitrogens is 2. The smallest absolute Gasteiger partial charge is 0.263 e. The Kier molecular flexibility index (Phi) is 6.00. The summed E-state index contributed by atoms with van der Waals surface area (Å²) in [4.78, 5) is 31.6. The summed E-state index contributed by atoms with van der Waals surface area (Å²) < 4.78 is 14.9. The zero-order chi connectivity index (χ0) is 20.4. The number of hydrogen-bond donors (Lipinski definition) is 1. The zero-order valence-electron chi connectivity index (χ0n) is 15.8. The first-order valence-corrected chi connectivity index (χ1v) is 10.4. The van der Waals surface area contributed by atoms with Crippen molar-refractivity contribution >= 4 is 44.9 Å². The molecule has 0 unspecified atom stereocenters. The van der Waals surface area contributed by atoms with Gasteiger partial charge in [0.1, 0.15) is 10.6 Å². The third-order valence-corrected chi connectivity index (χ3v) is 6.45. The Morgan fingerprint density at radius 3 is 2.86 bits per heavy atom. The number of hydrogen-bond acceptors (Lipinski definition) is 5. The van der Waals surface area contributed by atoms with Gasteiger partial charge in [0.2, 0.25) is 5.91 Å². The summed E-state index contributed by atoms with van der Waals surface area (Å²) in [7, 11) is 0. The van der Waals surface area contributed by atoms with E-state index in [9.17, 15) is 14.0 Å². The number of nitrogens with zero attached hydrogens (tertiary/aromatic N) is 2. The second kappa shape index (κ2) is 8.28. The van der Waals surface area contributed by atoms with Crippen molar-refractivity contribution in [2.24, 2.45) is 0 Å². The molecule has 3 rings (SSSR count). The van der Waals surface area contributed by atoms with E-state index in [-0.39, 0.29) is 17.2 Å². The Balaban J connectivity index is 1.86. The van der Waals surface area contributed by atoms with Gasteiger partial charge in [0.15, 0.2) is 5.16 Å². The minimum absolute atomic E-state index is 0.0500. The molecule has 0 fully saturated rings. The number of thiophene rings is 1. The van der Waals surface area contributed by atoms with E-state index >= 15 is 0 Å². The maximum absolute atomic E-state index is 13.4. The van der Waals surface area contributed by atoms with Gasteiger partial charge in [-0.2, -0.15) is 0 Å². The summed E-state index contributed by atoms with van der Waals surface area (Å²) in [5, 5.41) is 3.79. The van der Waals surface area contributed by atoms with E-state index in [2.05, 4.69) is 16.9 Å². The van der Waals surface area contributed by atoms with Crippen LogP contribution in [0.25, 0.3) is 10.2 Å². The highest BCUT2D eigenvalue weighted by Crippen LogP contribution is 2.28. The lowest BCUT2D eigenvalue weighted by Gasteiger charge is -2.11. The minimum Gasteiger partial charge on any atom is -0.325 e. The van der Waals surface area contributed by atoms with Crippen LogP contribution in [0.1, 0.15) is 16.0 Å². The van der Waals surface area contributed by atoms with Gasteiger partial charge in [-0.1, -0.05) is 23.9 Å². The summed E-state index contributed by atoms with van der Waals surface area (Å²) in [6.07, 6.45) is 1.63. The van der Waals surface area contributed by atoms with Crippen LogP contribution >= 0.6 is 23.1 Å². The molecule has 28 heavy (non-hydrogen) atoms. The first-order valence-electron chi connectivity index (χ1n) is 8.62. The fourth-order valence-corrected chi connectivity index (χ4v) is 4.63. The van der Waals surface area contributed by atoms with E-state index in [1.165, 1.54) is 39.8 Å². The number of carbonyl (C=O) groups is 1. The summed E-state index contributed by atoms with van der Waals surface area (Å²) in [5.74, 6) is -0.658. The highest BCUT2D eigenvalue weighted by atomic mass is 32.2. The molecule has 1 amide bonds. The topological polar surface area (TPSA) is 64.0 Å². The fraction of sp³-hybridized carbons (Fsp3) is 0.250. The molecule has 146 valence electrons. The van der Waals surface area contributed by atoms with Crippen LogP contribution in [-0.2, 0) is 11.3 Å². The van der Waals surface area contributed by atoms with Crippen molar-refractivity contribution in [1.82, 2.24) is 9.55 Å². The molecule has 0 saturated carbocycles. The second-order valence-electron chi connectivity index (χ2n) is 6.36. The molecule has 2 aromatic heterocycles. The molecule has 1 aromatic carbocycles. The number of amides is 1. The molecule has 0 atom stereocenters. The van der Waals surface area contributed by atoms with Crippen molar-refractivity contribution in [2.45, 2.75) is 32.5 Å². The van der Waals surface area contributed by atoms with Gasteiger partial charge >= 0.3 is 0 Å². The Hall–Kier alpha value is -2.45. The maximum atomic E-state index is 13.4. The monoisotopic (exact) mass is 417 g/mol. The molecule has 0 radical (unpaired) electrons. The van der Waals surface area contributed by atoms with Gasteiger partial charge in [-0.15, -0.1) is 17.9 Å². The van der Waals surface area contributed by atoms with Crippen molar-refractivity contribution < 1.29 is 9.18 Å². The third-order valence-electron chi connectivity index (χ3n) is 4.37. The van der Waals surface area contributed by atoms with E-state index in [1.54, 1.807) is 19.1 Å². The Morgan fingerprint density at radius 1 is 1.39 bits per heavy atom. The number of benzene rings is 1. The molecule has 0 bridgehead atoms. The number of aryl methyl sites for hydroxylation is 3. The van der Waals surface area contributed by atoms with Gasteiger partial charge in [-0.25, -0.2) is 9.37 Å². The average Bonchev–Trinajstić information content (AvgIpc) is 2.93. The number of fused-ring (bicyclic) bond motifs is 1. The molecule has 0 aliphatic heterocycles. The number of halogens is 1. The molecule has 0 spiro atoms. The summed E-state index contributed by atoms with van der Waals surface area (Å²) in [6.45, 7) is 9.68. The normalized spacial score (nSPS) is 11.0. The first kappa shape index (κ1) is 20.3. The molecule has 0 aliphatic rings. The van der Waals surface area contributed by atoms with Crippen LogP contribution in [0.3, 0.4) is 0 Å². The first-order chi connectivity index (χ1) is 13.3. The summed E-state index contributed by atoms with van der Waals surface area (Å²) >= 11 is 2.64. The minimum atomic E-state index is -0.413. The fourth-order valence-electron chi connectivity index (χ4n) is 2.75. The molecular weight excluding hydrogens is 397 g/mol. The van der Waals surface area contributed by atoms with Crippen LogP contribution in [0, 0.1) is 26.6 Å². The van der Waals surface area contributed by atoms with Gasteiger partial charge in [0.05, 0.1) is 11.1 Å². The van der Waals surface area contributed by atoms with Gasteiger partial charge in [-0.05, 0) is 44.0 Å². The van der Waals surface area contributed by atoms with Gasteiger partial charge < -0.3 is 5.32 Å². The summed E-state index contributed by atoms with van der Waals surface area (Å²) in [6, 6.07) is 4.24. The number of anilines is 1. The highest BCUT2D eigenvalue weighted by Gasteiger charge is 2.17. The van der Waals surface area contributed by atoms with E-state index in [0.717, 1.165) is 16.0 Å². The van der Waals surface area contributed by atoms with Gasteiger partial charge in [0.25, 0.3) is 5.56 Å². The lowest BCUT2D eigenvalue weighted by atomic mass is 10.2. The van der Waals surface area contributed by atoms with Crippen LogP contribution in [-0.4, -0.2) is 21.2 Å². The Labute approximate surface area is 170 Å². The van der Waals surface area contributed by atoms with Gasteiger partial charge in [-0.3, -0.25) is 14.2 Å². The highest BCUT2D eigenvalue weighted by molar-refractivity contribution is 7.99. The Bertz CT molecular complexity index is 1130. The SMILES string of the molecule is C=CCn1c(SCC(=O)Nc2cc(F)ccc2C)nc2sc(C)c(C)c2c1=O.